The predicted octanol–water partition coefficient (Wildman–Crippen LogP) is 5.61. The molecule has 0 atom stereocenters. The van der Waals surface area contributed by atoms with Gasteiger partial charge in [-0.15, -0.1) is 12.4 Å². The number of hydrogen-bond donors (Lipinski definition) is 0. The maximum atomic E-state index is 13.6. The zero-order chi connectivity index (χ0) is 32.7. The van der Waals surface area contributed by atoms with Crippen molar-refractivity contribution in [1.29, 1.82) is 0 Å². The van der Waals surface area contributed by atoms with Crippen LogP contribution in [0.15, 0.2) is 90.0 Å². The highest BCUT2D eigenvalue weighted by Gasteiger charge is 2.26. The number of aryl methyl sites for hydroxylation is 2. The second-order valence-electron chi connectivity index (χ2n) is 11.8. The third kappa shape index (κ3) is 6.51. The molecule has 0 aliphatic carbocycles. The summed E-state index contributed by atoms with van der Waals surface area (Å²) in [6, 6.07) is 23.6. The average molecular weight is 690 g/mol. The van der Waals surface area contributed by atoms with Crippen molar-refractivity contribution >= 4 is 44.9 Å². The molecule has 3 aromatic carbocycles. The number of sulfonamides is 1. The van der Waals surface area contributed by atoms with Gasteiger partial charge in [0, 0.05) is 64.3 Å². The number of ether oxygens (including phenoxy) is 3. The summed E-state index contributed by atoms with van der Waals surface area (Å²) < 4.78 is 46.2. The first-order valence-corrected chi connectivity index (χ1v) is 16.8. The number of carbonyl (C=O) groups is 1. The van der Waals surface area contributed by atoms with E-state index in [9.17, 15) is 13.2 Å². The Kier molecular flexibility index (Phi) is 9.24. The lowest BCUT2D eigenvalue weighted by atomic mass is 10.1. The van der Waals surface area contributed by atoms with Gasteiger partial charge in [0.1, 0.15) is 11.4 Å². The maximum Gasteiger partial charge on any atom is 0.270 e. The number of hydrogen-bond acceptors (Lipinski definition) is 8. The summed E-state index contributed by atoms with van der Waals surface area (Å²) in [5.41, 5.74) is 4.02. The number of fused-ring (bicyclic) bond motifs is 2. The molecule has 48 heavy (non-hydrogen) atoms. The van der Waals surface area contributed by atoms with Gasteiger partial charge in [0.2, 0.25) is 12.7 Å². The molecule has 5 aromatic rings. The summed E-state index contributed by atoms with van der Waals surface area (Å²) in [7, 11) is -0.354. The monoisotopic (exact) mass is 689 g/mol. The summed E-state index contributed by atoms with van der Waals surface area (Å²) in [5.74, 6) is 2.43. The Balaban J connectivity index is 0.00000401. The highest BCUT2D eigenvalue weighted by molar-refractivity contribution is 7.92. The van der Waals surface area contributed by atoms with E-state index in [4.69, 9.17) is 14.2 Å². The summed E-state index contributed by atoms with van der Waals surface area (Å²) in [6.07, 6.45) is 1.47. The molecular weight excluding hydrogens is 654 g/mol. The highest BCUT2D eigenvalue weighted by atomic mass is 35.5. The molecule has 1 amide bonds. The van der Waals surface area contributed by atoms with Crippen LogP contribution >= 0.6 is 12.4 Å². The molecule has 2 aromatic heterocycles. The van der Waals surface area contributed by atoms with Gasteiger partial charge in [-0.1, -0.05) is 23.8 Å². The summed E-state index contributed by atoms with van der Waals surface area (Å²) in [6.45, 7) is 5.80. The topological polar surface area (TPSA) is 106 Å². The van der Waals surface area contributed by atoms with Crippen molar-refractivity contribution in [2.24, 2.45) is 7.05 Å². The van der Waals surface area contributed by atoms with Gasteiger partial charge in [-0.05, 0) is 61.0 Å². The van der Waals surface area contributed by atoms with Crippen molar-refractivity contribution in [2.45, 2.75) is 18.4 Å². The third-order valence-electron chi connectivity index (χ3n) is 8.72. The normalized spacial score (nSPS) is 14.5. The van der Waals surface area contributed by atoms with Gasteiger partial charge in [-0.25, -0.2) is 13.4 Å². The number of amides is 1. The van der Waals surface area contributed by atoms with E-state index in [2.05, 4.69) is 16.0 Å². The summed E-state index contributed by atoms with van der Waals surface area (Å²) in [4.78, 5) is 22.4. The molecule has 0 radical (unpaired) electrons. The lowest BCUT2D eigenvalue weighted by Crippen LogP contribution is -2.48. The number of aromatic nitrogens is 2. The Morgan fingerprint density at radius 3 is 2.40 bits per heavy atom. The van der Waals surface area contributed by atoms with E-state index in [1.54, 1.807) is 36.4 Å². The van der Waals surface area contributed by atoms with Gasteiger partial charge in [0.15, 0.2) is 11.5 Å². The minimum Gasteiger partial charge on any atom is -0.454 e. The SMILES string of the molecule is Cc1ccc(S(=O)(=O)N(C)c2ccc(Oc3ccc4cc(C(=O)N5CCN(Cc6ccc7c(c6)OCO7)CC5)n(C)c4c3)nc2)cc1.Cl. The minimum atomic E-state index is -3.73. The van der Waals surface area contributed by atoms with Crippen LogP contribution < -0.4 is 18.5 Å². The van der Waals surface area contributed by atoms with Crippen molar-refractivity contribution in [3.05, 3.63) is 102 Å². The summed E-state index contributed by atoms with van der Waals surface area (Å²) in [5, 5.41) is 0.927. The number of halogens is 1. The third-order valence-corrected chi connectivity index (χ3v) is 10.5. The van der Waals surface area contributed by atoms with E-state index in [0.29, 0.717) is 36.1 Å². The fraction of sp³-hybridized carbons (Fsp3) is 0.257. The number of anilines is 1. The molecule has 1 saturated heterocycles. The average Bonchev–Trinajstić information content (AvgIpc) is 3.69. The van der Waals surface area contributed by atoms with Crippen molar-refractivity contribution in [2.75, 3.05) is 44.3 Å². The number of carbonyl (C=O) groups excluding carboxylic acids is 1. The molecule has 250 valence electrons. The van der Waals surface area contributed by atoms with Crippen molar-refractivity contribution in [1.82, 2.24) is 19.4 Å². The van der Waals surface area contributed by atoms with Crippen LogP contribution in [-0.4, -0.2) is 73.7 Å². The van der Waals surface area contributed by atoms with Crippen molar-refractivity contribution in [3.8, 4) is 23.1 Å². The molecule has 2 aliphatic rings. The Bertz CT molecular complexity index is 2060. The molecular formula is C35H36ClN5O6S. The fourth-order valence-corrected chi connectivity index (χ4v) is 7.08. The predicted molar refractivity (Wildman–Crippen MR) is 185 cm³/mol. The molecule has 2 aliphatic heterocycles. The molecule has 11 nitrogen and oxygen atoms in total. The number of benzene rings is 3. The Morgan fingerprint density at radius 2 is 1.67 bits per heavy atom. The summed E-state index contributed by atoms with van der Waals surface area (Å²) >= 11 is 0. The maximum absolute atomic E-state index is 13.6. The second-order valence-corrected chi connectivity index (χ2v) is 13.8. The largest absolute Gasteiger partial charge is 0.454 e. The molecule has 0 N–H and O–H groups in total. The Morgan fingerprint density at radius 1 is 0.917 bits per heavy atom. The molecule has 13 heteroatoms. The first kappa shape index (κ1) is 33.1. The molecule has 0 bridgehead atoms. The van der Waals surface area contributed by atoms with Crippen LogP contribution in [0.2, 0.25) is 0 Å². The molecule has 1 fully saturated rings. The van der Waals surface area contributed by atoms with Gasteiger partial charge in [-0.2, -0.15) is 0 Å². The Hall–Kier alpha value is -4.78. The van der Waals surface area contributed by atoms with Crippen LogP contribution in [0.25, 0.3) is 10.9 Å². The lowest BCUT2D eigenvalue weighted by molar-refractivity contribution is 0.0619. The molecule has 0 unspecified atom stereocenters. The number of piperazine rings is 1. The van der Waals surface area contributed by atoms with Crippen LogP contribution in [0.3, 0.4) is 0 Å². The fourth-order valence-electron chi connectivity index (χ4n) is 5.89. The van der Waals surface area contributed by atoms with E-state index in [0.717, 1.165) is 53.2 Å². The zero-order valence-corrected chi connectivity index (χ0v) is 28.5. The van der Waals surface area contributed by atoms with Gasteiger partial charge in [0.05, 0.1) is 22.3 Å². The van der Waals surface area contributed by atoms with Crippen LogP contribution in [0, 0.1) is 6.92 Å². The zero-order valence-electron chi connectivity index (χ0n) is 26.8. The minimum absolute atomic E-state index is 0. The lowest BCUT2D eigenvalue weighted by Gasteiger charge is -2.34. The van der Waals surface area contributed by atoms with E-state index in [1.165, 1.54) is 17.5 Å². The molecule has 0 spiro atoms. The first-order chi connectivity index (χ1) is 22.7. The number of rotatable bonds is 8. The molecule has 0 saturated carbocycles. The van der Waals surface area contributed by atoms with Crippen LogP contribution in [-0.2, 0) is 23.6 Å². The smallest absolute Gasteiger partial charge is 0.270 e. The van der Waals surface area contributed by atoms with E-state index >= 15 is 0 Å². The molecule has 4 heterocycles. The standard InChI is InChI=1S/C35H35N5O6S.ClH/c1-24-4-10-29(11-5-24)47(42,43)38(3)27-8-13-34(36-21-27)46-28-9-7-26-19-31(37(2)30(26)20-28)35(41)40-16-14-39(15-17-40)22-25-6-12-32-33(18-25)45-23-44-32;/h4-13,18-21H,14-17,22-23H2,1-3H3;1H. The first-order valence-electron chi connectivity index (χ1n) is 15.3. The highest BCUT2D eigenvalue weighted by Crippen LogP contribution is 2.33. The van der Waals surface area contributed by atoms with Gasteiger partial charge in [0.25, 0.3) is 15.9 Å². The van der Waals surface area contributed by atoms with Crippen molar-refractivity contribution in [3.63, 3.8) is 0 Å². The van der Waals surface area contributed by atoms with E-state index < -0.39 is 10.0 Å². The van der Waals surface area contributed by atoms with E-state index in [-0.39, 0.29) is 30.0 Å². The van der Waals surface area contributed by atoms with Crippen LogP contribution in [0.1, 0.15) is 21.6 Å². The van der Waals surface area contributed by atoms with Crippen LogP contribution in [0.5, 0.6) is 23.1 Å². The molecule has 7 rings (SSSR count). The van der Waals surface area contributed by atoms with Gasteiger partial charge in [-0.3, -0.25) is 14.0 Å². The van der Waals surface area contributed by atoms with E-state index in [1.807, 2.05) is 59.8 Å². The van der Waals surface area contributed by atoms with Gasteiger partial charge < -0.3 is 23.7 Å². The van der Waals surface area contributed by atoms with Gasteiger partial charge >= 0.3 is 0 Å². The number of pyridine rings is 1. The quantitative estimate of drug-likeness (QED) is 0.207. The Labute approximate surface area is 285 Å². The van der Waals surface area contributed by atoms with Crippen molar-refractivity contribution < 1.29 is 27.4 Å². The van der Waals surface area contributed by atoms with Crippen LogP contribution in [0.4, 0.5) is 5.69 Å². The second kappa shape index (κ2) is 13.4. The number of nitrogens with zero attached hydrogens (tertiary/aromatic N) is 5.